The highest BCUT2D eigenvalue weighted by Crippen LogP contribution is 2.27. The Labute approximate surface area is 124 Å². The molecule has 2 N–H and O–H groups in total. The molecule has 0 fully saturated rings. The van der Waals surface area contributed by atoms with Gasteiger partial charge in [0, 0.05) is 18.1 Å². The molecule has 21 heavy (non-hydrogen) atoms. The number of aryl methyl sites for hydroxylation is 1. The Bertz CT molecular complexity index is 653. The Morgan fingerprint density at radius 3 is 2.81 bits per heavy atom. The molecule has 0 aliphatic rings. The number of pyridine rings is 1. The minimum Gasteiger partial charge on any atom is -0.478 e. The number of hydrogen-bond donors (Lipinski definition) is 2. The van der Waals surface area contributed by atoms with Gasteiger partial charge in [-0.3, -0.25) is 4.98 Å². The summed E-state index contributed by atoms with van der Waals surface area (Å²) in [6, 6.07) is 5.87. The highest BCUT2D eigenvalue weighted by Gasteiger charge is 2.14. The summed E-state index contributed by atoms with van der Waals surface area (Å²) in [5.74, 6) is -0.957. The Morgan fingerprint density at radius 1 is 1.38 bits per heavy atom. The molecule has 2 rings (SSSR count). The molecule has 0 bridgehead atoms. The van der Waals surface area contributed by atoms with Gasteiger partial charge in [-0.15, -0.1) is 0 Å². The van der Waals surface area contributed by atoms with E-state index in [9.17, 15) is 9.90 Å². The van der Waals surface area contributed by atoms with E-state index in [1.165, 1.54) is 6.20 Å². The lowest BCUT2D eigenvalue weighted by atomic mass is 10.1. The monoisotopic (exact) mass is 287 g/mol. The van der Waals surface area contributed by atoms with Crippen molar-refractivity contribution in [3.05, 3.63) is 35.5 Å². The van der Waals surface area contributed by atoms with Crippen LogP contribution in [0.3, 0.4) is 0 Å². The number of benzene rings is 1. The van der Waals surface area contributed by atoms with Crippen LogP contribution in [0, 0.1) is 6.92 Å². The van der Waals surface area contributed by atoms with E-state index in [0.717, 1.165) is 36.0 Å². The zero-order chi connectivity index (χ0) is 15.4. The lowest BCUT2D eigenvalue weighted by Gasteiger charge is -2.14. The number of carboxylic acid groups (broad SMARTS) is 1. The summed E-state index contributed by atoms with van der Waals surface area (Å²) in [5, 5.41) is 13.5. The quantitative estimate of drug-likeness (QED) is 0.799. The maximum atomic E-state index is 11.4. The molecule has 0 saturated carbocycles. The Balaban J connectivity index is 2.34. The van der Waals surface area contributed by atoms with E-state index in [2.05, 4.69) is 15.2 Å². The predicted molar refractivity (Wildman–Crippen MR) is 85.1 cm³/mol. The van der Waals surface area contributed by atoms with Gasteiger partial charge in [0.05, 0.1) is 11.2 Å². The number of aromatic carboxylic acids is 1. The van der Waals surface area contributed by atoms with Crippen LogP contribution in [0.1, 0.15) is 22.3 Å². The fraction of sp³-hybridized carbons (Fsp3) is 0.375. The molecule has 1 aromatic heterocycles. The molecule has 5 nitrogen and oxygen atoms in total. The third-order valence-electron chi connectivity index (χ3n) is 3.34. The third kappa shape index (κ3) is 3.70. The van der Waals surface area contributed by atoms with Crippen molar-refractivity contribution in [2.45, 2.75) is 13.3 Å². The molecule has 0 aliphatic carbocycles. The molecule has 0 aliphatic heterocycles. The van der Waals surface area contributed by atoms with E-state index < -0.39 is 5.97 Å². The molecule has 5 heteroatoms. The molecular weight excluding hydrogens is 266 g/mol. The topological polar surface area (TPSA) is 65.5 Å². The van der Waals surface area contributed by atoms with E-state index >= 15 is 0 Å². The molecule has 0 saturated heterocycles. The number of hydrogen-bond acceptors (Lipinski definition) is 4. The SMILES string of the molecule is Cc1ccc2ncc(C(=O)O)c(NCCCN(C)C)c2c1. The molecule has 0 spiro atoms. The summed E-state index contributed by atoms with van der Waals surface area (Å²) in [7, 11) is 4.04. The van der Waals surface area contributed by atoms with Crippen LogP contribution in [0.2, 0.25) is 0 Å². The first-order valence-electron chi connectivity index (χ1n) is 7.00. The van der Waals surface area contributed by atoms with Crippen LogP contribution in [0.4, 0.5) is 5.69 Å². The highest BCUT2D eigenvalue weighted by atomic mass is 16.4. The van der Waals surface area contributed by atoms with Crippen LogP contribution >= 0.6 is 0 Å². The normalized spacial score (nSPS) is 11.0. The van der Waals surface area contributed by atoms with Gasteiger partial charge in [-0.05, 0) is 46.1 Å². The number of anilines is 1. The summed E-state index contributed by atoms with van der Waals surface area (Å²) >= 11 is 0. The van der Waals surface area contributed by atoms with Crippen LogP contribution in [0.15, 0.2) is 24.4 Å². The van der Waals surface area contributed by atoms with Crippen LogP contribution < -0.4 is 5.32 Å². The molecule has 112 valence electrons. The number of nitrogens with one attached hydrogen (secondary N) is 1. The zero-order valence-electron chi connectivity index (χ0n) is 12.7. The largest absolute Gasteiger partial charge is 0.478 e. The van der Waals surface area contributed by atoms with Crippen molar-refractivity contribution < 1.29 is 9.90 Å². The summed E-state index contributed by atoms with van der Waals surface area (Å²) in [6.45, 7) is 3.67. The van der Waals surface area contributed by atoms with Gasteiger partial charge in [0.1, 0.15) is 5.56 Å². The maximum absolute atomic E-state index is 11.4. The fourth-order valence-corrected chi connectivity index (χ4v) is 2.27. The standard InChI is InChI=1S/C16H21N3O2/c1-11-5-6-14-12(9-11)15(13(10-18-14)16(20)21)17-7-4-8-19(2)3/h5-6,9-10H,4,7-8H2,1-3H3,(H,17,18)(H,20,21). The van der Waals surface area contributed by atoms with Crippen LogP contribution in [-0.2, 0) is 0 Å². The molecule has 0 radical (unpaired) electrons. The number of fused-ring (bicyclic) bond motifs is 1. The first kappa shape index (κ1) is 15.3. The van der Waals surface area contributed by atoms with Crippen LogP contribution in [-0.4, -0.2) is 48.1 Å². The van der Waals surface area contributed by atoms with E-state index in [-0.39, 0.29) is 5.56 Å². The van der Waals surface area contributed by atoms with Gasteiger partial charge in [0.2, 0.25) is 0 Å². The lowest BCUT2D eigenvalue weighted by molar-refractivity contribution is 0.0697. The van der Waals surface area contributed by atoms with Gasteiger partial charge in [0.15, 0.2) is 0 Å². The Morgan fingerprint density at radius 2 is 2.14 bits per heavy atom. The molecular formula is C16H21N3O2. The van der Waals surface area contributed by atoms with E-state index in [4.69, 9.17) is 0 Å². The molecule has 1 heterocycles. The molecule has 0 atom stereocenters. The van der Waals surface area contributed by atoms with Gasteiger partial charge in [-0.25, -0.2) is 4.79 Å². The number of nitrogens with zero attached hydrogens (tertiary/aromatic N) is 2. The summed E-state index contributed by atoms with van der Waals surface area (Å²) in [6.07, 6.45) is 2.37. The summed E-state index contributed by atoms with van der Waals surface area (Å²) in [4.78, 5) is 17.7. The van der Waals surface area contributed by atoms with E-state index in [0.29, 0.717) is 5.69 Å². The smallest absolute Gasteiger partial charge is 0.339 e. The number of carbonyl (C=O) groups is 1. The molecule has 2 aromatic rings. The second-order valence-corrected chi connectivity index (χ2v) is 5.46. The molecule has 0 unspecified atom stereocenters. The second-order valence-electron chi connectivity index (χ2n) is 5.46. The minimum atomic E-state index is -0.957. The maximum Gasteiger partial charge on any atom is 0.339 e. The van der Waals surface area contributed by atoms with Crippen LogP contribution in [0.5, 0.6) is 0 Å². The zero-order valence-corrected chi connectivity index (χ0v) is 12.7. The summed E-state index contributed by atoms with van der Waals surface area (Å²) in [5.41, 5.74) is 2.77. The molecule has 0 amide bonds. The van der Waals surface area contributed by atoms with Gasteiger partial charge in [-0.1, -0.05) is 11.6 Å². The third-order valence-corrected chi connectivity index (χ3v) is 3.34. The first-order valence-corrected chi connectivity index (χ1v) is 7.00. The minimum absolute atomic E-state index is 0.220. The van der Waals surface area contributed by atoms with Crippen LogP contribution in [0.25, 0.3) is 10.9 Å². The Hall–Kier alpha value is -2.14. The van der Waals surface area contributed by atoms with Gasteiger partial charge in [0.25, 0.3) is 0 Å². The fourth-order valence-electron chi connectivity index (χ4n) is 2.27. The van der Waals surface area contributed by atoms with E-state index in [1.54, 1.807) is 0 Å². The van der Waals surface area contributed by atoms with E-state index in [1.807, 2.05) is 39.2 Å². The predicted octanol–water partition coefficient (Wildman–Crippen LogP) is 2.61. The van der Waals surface area contributed by atoms with Crippen molar-refractivity contribution in [1.29, 1.82) is 0 Å². The van der Waals surface area contributed by atoms with Crippen molar-refractivity contribution in [3.63, 3.8) is 0 Å². The highest BCUT2D eigenvalue weighted by molar-refractivity contribution is 6.04. The molecule has 1 aromatic carbocycles. The first-order chi connectivity index (χ1) is 9.99. The van der Waals surface area contributed by atoms with Crippen molar-refractivity contribution >= 4 is 22.6 Å². The summed E-state index contributed by atoms with van der Waals surface area (Å²) < 4.78 is 0. The van der Waals surface area contributed by atoms with Crippen molar-refractivity contribution in [2.24, 2.45) is 0 Å². The number of aromatic nitrogens is 1. The Kier molecular flexibility index (Phi) is 4.75. The number of rotatable bonds is 6. The lowest BCUT2D eigenvalue weighted by Crippen LogP contribution is -2.17. The van der Waals surface area contributed by atoms with Crippen molar-refractivity contribution in [1.82, 2.24) is 9.88 Å². The average Bonchev–Trinajstić information content (AvgIpc) is 2.42. The second kappa shape index (κ2) is 6.54. The van der Waals surface area contributed by atoms with Gasteiger partial charge in [-0.2, -0.15) is 0 Å². The van der Waals surface area contributed by atoms with Crippen molar-refractivity contribution in [2.75, 3.05) is 32.5 Å². The van der Waals surface area contributed by atoms with Gasteiger partial charge >= 0.3 is 5.97 Å². The van der Waals surface area contributed by atoms with Gasteiger partial charge < -0.3 is 15.3 Å². The number of carboxylic acids is 1. The average molecular weight is 287 g/mol. The van der Waals surface area contributed by atoms with Crippen molar-refractivity contribution in [3.8, 4) is 0 Å².